The molecule has 0 atom stereocenters. The molecule has 3 nitrogen and oxygen atoms in total. The van der Waals surface area contributed by atoms with Gasteiger partial charge in [-0.1, -0.05) is 22.0 Å². The number of hydrogen-bond donors (Lipinski definition) is 1. The normalized spacial score (nSPS) is 10.3. The molecule has 0 saturated carbocycles. The second-order valence-electron chi connectivity index (χ2n) is 3.98. The summed E-state index contributed by atoms with van der Waals surface area (Å²) >= 11 is 6.69. The molecule has 0 bridgehead atoms. The van der Waals surface area contributed by atoms with E-state index in [1.165, 1.54) is 12.1 Å². The lowest BCUT2D eigenvalue weighted by molar-refractivity contribution is 0.0692. The number of aromatic carboxylic acids is 1. The van der Waals surface area contributed by atoms with Crippen LogP contribution in [0.15, 0.2) is 45.3 Å². The van der Waals surface area contributed by atoms with E-state index < -0.39 is 11.8 Å². The zero-order chi connectivity index (χ0) is 14.7. The van der Waals surface area contributed by atoms with Gasteiger partial charge in [0.15, 0.2) is 0 Å². The molecule has 104 valence electrons. The molecular formula is C14H9Br2FO3. The fraction of sp³-hybridized carbons (Fsp3) is 0.0714. The van der Waals surface area contributed by atoms with Crippen LogP contribution in [-0.4, -0.2) is 11.1 Å². The summed E-state index contributed by atoms with van der Waals surface area (Å²) in [6.45, 7) is 0.150. The van der Waals surface area contributed by atoms with Gasteiger partial charge in [0.2, 0.25) is 0 Å². The summed E-state index contributed by atoms with van der Waals surface area (Å²) in [5.41, 5.74) is 0.209. The summed E-state index contributed by atoms with van der Waals surface area (Å²) in [7, 11) is 0. The molecule has 2 aromatic rings. The minimum atomic E-state index is -1.29. The van der Waals surface area contributed by atoms with E-state index in [2.05, 4.69) is 31.9 Å². The van der Waals surface area contributed by atoms with Crippen LogP contribution in [-0.2, 0) is 6.61 Å². The van der Waals surface area contributed by atoms with Crippen LogP contribution in [0, 0.1) is 5.82 Å². The van der Waals surface area contributed by atoms with Gasteiger partial charge in [0.1, 0.15) is 18.2 Å². The van der Waals surface area contributed by atoms with E-state index in [-0.39, 0.29) is 12.2 Å². The van der Waals surface area contributed by atoms with Gasteiger partial charge in [0.05, 0.1) is 10.0 Å². The number of halogens is 3. The van der Waals surface area contributed by atoms with Gasteiger partial charge in [-0.05, 0) is 51.8 Å². The Bertz CT molecular complexity index is 659. The minimum absolute atomic E-state index is 0.150. The quantitative estimate of drug-likeness (QED) is 0.809. The van der Waals surface area contributed by atoms with Crippen LogP contribution < -0.4 is 4.74 Å². The third-order valence-corrected chi connectivity index (χ3v) is 3.67. The van der Waals surface area contributed by atoms with Gasteiger partial charge in [-0.15, -0.1) is 0 Å². The summed E-state index contributed by atoms with van der Waals surface area (Å²) in [4.78, 5) is 10.7. The fourth-order valence-corrected chi connectivity index (χ4v) is 2.74. The molecule has 0 spiro atoms. The first kappa shape index (κ1) is 15.0. The lowest BCUT2D eigenvalue weighted by Gasteiger charge is -2.09. The van der Waals surface area contributed by atoms with E-state index >= 15 is 0 Å². The van der Waals surface area contributed by atoms with Gasteiger partial charge in [-0.25, -0.2) is 9.18 Å². The maximum Gasteiger partial charge on any atom is 0.338 e. The summed E-state index contributed by atoms with van der Waals surface area (Å²) in [5.74, 6) is -1.44. The highest BCUT2D eigenvalue weighted by atomic mass is 79.9. The van der Waals surface area contributed by atoms with Gasteiger partial charge in [-0.3, -0.25) is 0 Å². The van der Waals surface area contributed by atoms with Crippen molar-refractivity contribution in [2.45, 2.75) is 6.61 Å². The predicted octanol–water partition coefficient (Wildman–Crippen LogP) is 4.63. The molecule has 2 aromatic carbocycles. The van der Waals surface area contributed by atoms with Crippen molar-refractivity contribution in [3.63, 3.8) is 0 Å². The number of carbonyl (C=O) groups is 1. The largest absolute Gasteiger partial charge is 0.488 e. The monoisotopic (exact) mass is 402 g/mol. The van der Waals surface area contributed by atoms with Crippen LogP contribution in [0.3, 0.4) is 0 Å². The van der Waals surface area contributed by atoms with Gasteiger partial charge < -0.3 is 9.84 Å². The van der Waals surface area contributed by atoms with Crippen molar-refractivity contribution in [1.82, 2.24) is 0 Å². The Morgan fingerprint density at radius 1 is 1.20 bits per heavy atom. The van der Waals surface area contributed by atoms with E-state index in [0.717, 1.165) is 15.0 Å². The van der Waals surface area contributed by atoms with Gasteiger partial charge in [0.25, 0.3) is 0 Å². The Morgan fingerprint density at radius 3 is 2.55 bits per heavy atom. The van der Waals surface area contributed by atoms with Crippen LogP contribution in [0.4, 0.5) is 4.39 Å². The number of ether oxygens (including phenoxy) is 1. The van der Waals surface area contributed by atoms with Crippen molar-refractivity contribution < 1.29 is 19.0 Å². The van der Waals surface area contributed by atoms with Crippen molar-refractivity contribution in [3.05, 3.63) is 62.3 Å². The van der Waals surface area contributed by atoms with Crippen LogP contribution in [0.5, 0.6) is 5.75 Å². The topological polar surface area (TPSA) is 46.5 Å². The zero-order valence-electron chi connectivity index (χ0n) is 10.1. The average Bonchev–Trinajstić information content (AvgIpc) is 2.37. The maximum atomic E-state index is 13.5. The number of carboxylic acid groups (broad SMARTS) is 1. The van der Waals surface area contributed by atoms with Crippen molar-refractivity contribution in [3.8, 4) is 5.75 Å². The standard InChI is InChI=1S/C14H9Br2FO3/c15-9-2-4-13(11(16)6-9)20-7-8-1-3-10(14(18)19)12(17)5-8/h1-6H,7H2,(H,18,19). The number of rotatable bonds is 4. The molecule has 20 heavy (non-hydrogen) atoms. The van der Waals surface area contributed by atoms with Crippen molar-refractivity contribution in [1.29, 1.82) is 0 Å². The van der Waals surface area contributed by atoms with Gasteiger partial charge in [-0.2, -0.15) is 0 Å². The Hall–Kier alpha value is -1.40. The Kier molecular flexibility index (Phi) is 4.77. The van der Waals surface area contributed by atoms with Crippen LogP contribution in [0.1, 0.15) is 15.9 Å². The summed E-state index contributed by atoms with van der Waals surface area (Å²) in [6.07, 6.45) is 0. The smallest absolute Gasteiger partial charge is 0.338 e. The van der Waals surface area contributed by atoms with E-state index in [0.29, 0.717) is 11.3 Å². The molecule has 0 aliphatic rings. The number of benzene rings is 2. The molecule has 0 radical (unpaired) electrons. The Labute approximate surface area is 131 Å². The number of carboxylic acids is 1. The molecule has 0 saturated heterocycles. The molecule has 6 heteroatoms. The fourth-order valence-electron chi connectivity index (χ4n) is 1.58. The number of hydrogen-bond acceptors (Lipinski definition) is 2. The van der Waals surface area contributed by atoms with Crippen LogP contribution >= 0.6 is 31.9 Å². The summed E-state index contributed by atoms with van der Waals surface area (Å²) < 4.78 is 20.7. The molecule has 0 amide bonds. The molecule has 0 unspecified atom stereocenters. The van der Waals surface area contributed by atoms with Crippen molar-refractivity contribution >= 4 is 37.8 Å². The van der Waals surface area contributed by atoms with Gasteiger partial charge in [0, 0.05) is 4.47 Å². The lowest BCUT2D eigenvalue weighted by atomic mass is 10.1. The highest BCUT2D eigenvalue weighted by Crippen LogP contribution is 2.28. The van der Waals surface area contributed by atoms with E-state index in [1.807, 2.05) is 12.1 Å². The first-order valence-corrected chi connectivity index (χ1v) is 7.15. The molecule has 2 rings (SSSR count). The molecule has 0 aromatic heterocycles. The van der Waals surface area contributed by atoms with Crippen molar-refractivity contribution in [2.75, 3.05) is 0 Å². The average molecular weight is 404 g/mol. The van der Waals surface area contributed by atoms with Crippen LogP contribution in [0.25, 0.3) is 0 Å². The van der Waals surface area contributed by atoms with Crippen molar-refractivity contribution in [2.24, 2.45) is 0 Å². The minimum Gasteiger partial charge on any atom is -0.488 e. The first-order chi connectivity index (χ1) is 9.47. The molecule has 0 aliphatic carbocycles. The third kappa shape index (κ3) is 3.58. The summed E-state index contributed by atoms with van der Waals surface area (Å²) in [6, 6.07) is 9.36. The first-order valence-electron chi connectivity index (χ1n) is 5.57. The highest BCUT2D eigenvalue weighted by Gasteiger charge is 2.11. The Balaban J connectivity index is 2.11. The Morgan fingerprint density at radius 2 is 1.95 bits per heavy atom. The highest BCUT2D eigenvalue weighted by molar-refractivity contribution is 9.11. The second kappa shape index (κ2) is 6.37. The molecular weight excluding hydrogens is 395 g/mol. The summed E-state index contributed by atoms with van der Waals surface area (Å²) in [5, 5.41) is 8.74. The molecule has 1 N–H and O–H groups in total. The lowest BCUT2D eigenvalue weighted by Crippen LogP contribution is -2.03. The SMILES string of the molecule is O=C(O)c1ccc(COc2ccc(Br)cc2Br)cc1F. The predicted molar refractivity (Wildman–Crippen MR) is 79.5 cm³/mol. The van der Waals surface area contributed by atoms with E-state index in [9.17, 15) is 9.18 Å². The van der Waals surface area contributed by atoms with Crippen LogP contribution in [0.2, 0.25) is 0 Å². The third-order valence-electron chi connectivity index (χ3n) is 2.55. The molecule has 0 aliphatic heterocycles. The second-order valence-corrected chi connectivity index (χ2v) is 5.75. The molecule has 0 heterocycles. The molecule has 0 fully saturated rings. The van der Waals surface area contributed by atoms with Gasteiger partial charge >= 0.3 is 5.97 Å². The zero-order valence-corrected chi connectivity index (χ0v) is 13.2. The maximum absolute atomic E-state index is 13.5. The van der Waals surface area contributed by atoms with E-state index in [4.69, 9.17) is 9.84 Å². The van der Waals surface area contributed by atoms with E-state index in [1.54, 1.807) is 6.07 Å².